The maximum atomic E-state index is 5.55. The molecule has 0 spiro atoms. The quantitative estimate of drug-likeness (QED) is 0.763. The Balaban J connectivity index is 1.92. The Hall–Kier alpha value is -2.60. The van der Waals surface area contributed by atoms with Gasteiger partial charge in [-0.05, 0) is 17.7 Å². The number of nitrogens with zero attached hydrogens (tertiary/aromatic N) is 4. The molecule has 0 saturated carbocycles. The monoisotopic (exact) mass is 253 g/mol. The van der Waals surface area contributed by atoms with Gasteiger partial charge in [-0.3, -0.25) is 4.98 Å². The van der Waals surface area contributed by atoms with E-state index >= 15 is 0 Å². The molecule has 2 heterocycles. The van der Waals surface area contributed by atoms with Gasteiger partial charge in [0, 0.05) is 24.5 Å². The summed E-state index contributed by atoms with van der Waals surface area (Å²) in [6, 6.07) is 7.66. The summed E-state index contributed by atoms with van der Waals surface area (Å²) in [5.74, 6) is 0.871. The molecule has 2 N–H and O–H groups in total. The molecule has 1 aromatic carbocycles. The fourth-order valence-electron chi connectivity index (χ4n) is 1.64. The minimum Gasteiger partial charge on any atom is -0.334 e. The standard InChI is InChI=1S/C13H11N5O/c14-7-9-1-3-10(4-2-9)13-17-12(18-19-13)11-8-15-5-6-16-11/h1-6,8H,7,14H2. The van der Waals surface area contributed by atoms with Crippen LogP contribution >= 0.6 is 0 Å². The van der Waals surface area contributed by atoms with Crippen molar-refractivity contribution in [2.75, 3.05) is 0 Å². The summed E-state index contributed by atoms with van der Waals surface area (Å²) in [5, 5.41) is 3.89. The summed E-state index contributed by atoms with van der Waals surface area (Å²) in [4.78, 5) is 12.4. The molecule has 19 heavy (non-hydrogen) atoms. The zero-order valence-corrected chi connectivity index (χ0v) is 10.0. The van der Waals surface area contributed by atoms with Gasteiger partial charge in [0.15, 0.2) is 0 Å². The minimum atomic E-state index is 0.422. The summed E-state index contributed by atoms with van der Waals surface area (Å²) in [6.07, 6.45) is 4.77. The van der Waals surface area contributed by atoms with E-state index in [-0.39, 0.29) is 0 Å². The molecular formula is C13H11N5O. The van der Waals surface area contributed by atoms with Crippen molar-refractivity contribution in [1.29, 1.82) is 0 Å². The minimum absolute atomic E-state index is 0.422. The largest absolute Gasteiger partial charge is 0.334 e. The van der Waals surface area contributed by atoms with Crippen molar-refractivity contribution in [1.82, 2.24) is 20.1 Å². The second-order valence-electron chi connectivity index (χ2n) is 3.91. The van der Waals surface area contributed by atoms with Crippen LogP contribution in [-0.2, 0) is 6.54 Å². The highest BCUT2D eigenvalue weighted by Gasteiger charge is 2.11. The van der Waals surface area contributed by atoms with Crippen LogP contribution in [0.4, 0.5) is 0 Å². The first-order valence-electron chi connectivity index (χ1n) is 5.76. The average Bonchev–Trinajstić information content (AvgIpc) is 2.98. The highest BCUT2D eigenvalue weighted by atomic mass is 16.5. The predicted molar refractivity (Wildman–Crippen MR) is 68.7 cm³/mol. The van der Waals surface area contributed by atoms with Crippen LogP contribution in [0.15, 0.2) is 47.4 Å². The van der Waals surface area contributed by atoms with Crippen LogP contribution in [-0.4, -0.2) is 20.1 Å². The van der Waals surface area contributed by atoms with Crippen molar-refractivity contribution in [3.8, 4) is 23.0 Å². The molecule has 0 aliphatic heterocycles. The maximum Gasteiger partial charge on any atom is 0.258 e. The highest BCUT2D eigenvalue weighted by Crippen LogP contribution is 2.20. The van der Waals surface area contributed by atoms with Crippen LogP contribution in [0.3, 0.4) is 0 Å². The third-order valence-corrected chi connectivity index (χ3v) is 2.65. The molecule has 0 bridgehead atoms. The van der Waals surface area contributed by atoms with Crippen molar-refractivity contribution in [3.63, 3.8) is 0 Å². The Bertz CT molecular complexity index is 663. The molecule has 0 atom stereocenters. The number of nitrogens with two attached hydrogens (primary N) is 1. The van der Waals surface area contributed by atoms with Crippen LogP contribution in [0.5, 0.6) is 0 Å². The van der Waals surface area contributed by atoms with Crippen molar-refractivity contribution >= 4 is 0 Å². The number of hydrogen-bond donors (Lipinski definition) is 1. The Labute approximate surface area is 109 Å². The summed E-state index contributed by atoms with van der Waals surface area (Å²) in [6.45, 7) is 0.509. The van der Waals surface area contributed by atoms with E-state index in [2.05, 4.69) is 20.1 Å². The van der Waals surface area contributed by atoms with Crippen LogP contribution in [0, 0.1) is 0 Å². The lowest BCUT2D eigenvalue weighted by Gasteiger charge is -1.97. The number of rotatable bonds is 3. The normalized spacial score (nSPS) is 10.6. The molecule has 0 aliphatic carbocycles. The lowest BCUT2D eigenvalue weighted by atomic mass is 10.1. The number of hydrogen-bond acceptors (Lipinski definition) is 6. The zero-order chi connectivity index (χ0) is 13.1. The smallest absolute Gasteiger partial charge is 0.258 e. The Morgan fingerprint density at radius 3 is 2.63 bits per heavy atom. The summed E-state index contributed by atoms with van der Waals surface area (Å²) < 4.78 is 5.22. The second-order valence-corrected chi connectivity index (χ2v) is 3.91. The van der Waals surface area contributed by atoms with E-state index in [9.17, 15) is 0 Å². The number of aromatic nitrogens is 4. The first-order valence-corrected chi connectivity index (χ1v) is 5.76. The zero-order valence-electron chi connectivity index (χ0n) is 10.0. The molecule has 3 aromatic rings. The van der Waals surface area contributed by atoms with Gasteiger partial charge in [-0.25, -0.2) is 4.98 Å². The van der Waals surface area contributed by atoms with Crippen molar-refractivity contribution in [2.45, 2.75) is 6.54 Å². The van der Waals surface area contributed by atoms with Crippen molar-refractivity contribution in [3.05, 3.63) is 48.4 Å². The maximum absolute atomic E-state index is 5.55. The fourth-order valence-corrected chi connectivity index (χ4v) is 1.64. The van der Waals surface area contributed by atoms with E-state index in [1.54, 1.807) is 18.6 Å². The van der Waals surface area contributed by atoms with E-state index in [1.807, 2.05) is 24.3 Å². The van der Waals surface area contributed by atoms with Gasteiger partial charge in [-0.15, -0.1) is 0 Å². The van der Waals surface area contributed by atoms with Gasteiger partial charge >= 0.3 is 0 Å². The Kier molecular flexibility index (Phi) is 2.99. The summed E-state index contributed by atoms with van der Waals surface area (Å²) in [5.41, 5.74) is 8.03. The Morgan fingerprint density at radius 2 is 1.95 bits per heavy atom. The van der Waals surface area contributed by atoms with Gasteiger partial charge in [-0.2, -0.15) is 4.98 Å². The molecule has 3 rings (SSSR count). The van der Waals surface area contributed by atoms with Gasteiger partial charge in [0.05, 0.1) is 6.20 Å². The molecule has 0 unspecified atom stereocenters. The van der Waals surface area contributed by atoms with Crippen molar-refractivity contribution in [2.24, 2.45) is 5.73 Å². The molecule has 94 valence electrons. The van der Waals surface area contributed by atoms with Crippen LogP contribution in [0.1, 0.15) is 5.56 Å². The van der Waals surface area contributed by atoms with Crippen LogP contribution < -0.4 is 5.73 Å². The molecule has 0 amide bonds. The first kappa shape index (κ1) is 11.5. The molecule has 2 aromatic heterocycles. The van der Waals surface area contributed by atoms with Gasteiger partial charge in [0.25, 0.3) is 5.89 Å². The van der Waals surface area contributed by atoms with Crippen molar-refractivity contribution < 1.29 is 4.52 Å². The van der Waals surface area contributed by atoms with Crippen LogP contribution in [0.2, 0.25) is 0 Å². The third-order valence-electron chi connectivity index (χ3n) is 2.65. The third kappa shape index (κ3) is 2.34. The number of benzene rings is 1. The second kappa shape index (κ2) is 4.95. The molecule has 6 nitrogen and oxygen atoms in total. The molecular weight excluding hydrogens is 242 g/mol. The van der Waals surface area contributed by atoms with Gasteiger partial charge in [0.2, 0.25) is 5.82 Å². The van der Waals surface area contributed by atoms with E-state index in [4.69, 9.17) is 10.3 Å². The summed E-state index contributed by atoms with van der Waals surface area (Å²) >= 11 is 0. The SMILES string of the molecule is NCc1ccc(-c2nc(-c3cnccn3)no2)cc1. The van der Waals surface area contributed by atoms with Gasteiger partial charge in [-0.1, -0.05) is 17.3 Å². The van der Waals surface area contributed by atoms with Gasteiger partial charge in [0.1, 0.15) is 5.69 Å². The lowest BCUT2D eigenvalue weighted by molar-refractivity contribution is 0.432. The summed E-state index contributed by atoms with van der Waals surface area (Å²) in [7, 11) is 0. The predicted octanol–water partition coefficient (Wildman–Crippen LogP) is 1.65. The fraction of sp³-hybridized carbons (Fsp3) is 0.0769. The van der Waals surface area contributed by atoms with E-state index < -0.39 is 0 Å². The highest BCUT2D eigenvalue weighted by molar-refractivity contribution is 5.57. The Morgan fingerprint density at radius 1 is 1.11 bits per heavy atom. The molecule has 0 radical (unpaired) electrons. The molecule has 0 fully saturated rings. The molecule has 0 saturated heterocycles. The topological polar surface area (TPSA) is 90.7 Å². The average molecular weight is 253 g/mol. The molecule has 0 aliphatic rings. The molecule has 6 heteroatoms. The van der Waals surface area contributed by atoms with E-state index in [0.29, 0.717) is 24.0 Å². The van der Waals surface area contributed by atoms with Crippen LogP contribution in [0.25, 0.3) is 23.0 Å². The van der Waals surface area contributed by atoms with E-state index in [1.165, 1.54) is 0 Å². The lowest BCUT2D eigenvalue weighted by Crippen LogP contribution is -1.95. The van der Waals surface area contributed by atoms with E-state index in [0.717, 1.165) is 11.1 Å². The van der Waals surface area contributed by atoms with Gasteiger partial charge < -0.3 is 10.3 Å². The first-order chi connectivity index (χ1) is 9.36.